The molecule has 3 rings (SSSR count). The van der Waals surface area contributed by atoms with Crippen molar-refractivity contribution >= 4 is 23.1 Å². The summed E-state index contributed by atoms with van der Waals surface area (Å²) in [5, 5.41) is 3.22. The van der Waals surface area contributed by atoms with Gasteiger partial charge in [0, 0.05) is 12.2 Å². The van der Waals surface area contributed by atoms with E-state index in [1.165, 1.54) is 10.5 Å². The first-order valence-corrected chi connectivity index (χ1v) is 9.50. The van der Waals surface area contributed by atoms with E-state index in [1.807, 2.05) is 63.2 Å². The van der Waals surface area contributed by atoms with Crippen LogP contribution < -0.4 is 5.32 Å². The summed E-state index contributed by atoms with van der Waals surface area (Å²) in [7, 11) is 0. The van der Waals surface area contributed by atoms with E-state index in [2.05, 4.69) is 12.2 Å². The SMILES string of the molecule is CCCN1C(=O)C(Nc2ccc(CC)cc2)=C(c2ccc(C)cc2C)C1=O. The van der Waals surface area contributed by atoms with Gasteiger partial charge in [0.25, 0.3) is 11.8 Å². The van der Waals surface area contributed by atoms with Crippen LogP contribution in [0.15, 0.2) is 48.2 Å². The number of aryl methyl sites for hydroxylation is 3. The van der Waals surface area contributed by atoms with Crippen molar-refractivity contribution in [3.05, 3.63) is 70.4 Å². The van der Waals surface area contributed by atoms with Gasteiger partial charge in [-0.3, -0.25) is 14.5 Å². The van der Waals surface area contributed by atoms with Crippen LogP contribution in [0.25, 0.3) is 5.57 Å². The molecule has 1 heterocycles. The third kappa shape index (κ3) is 3.65. The van der Waals surface area contributed by atoms with E-state index < -0.39 is 0 Å². The molecule has 0 fully saturated rings. The molecule has 1 aliphatic heterocycles. The van der Waals surface area contributed by atoms with Crippen molar-refractivity contribution in [1.82, 2.24) is 4.90 Å². The Morgan fingerprint density at radius 3 is 2.22 bits per heavy atom. The topological polar surface area (TPSA) is 49.4 Å². The summed E-state index contributed by atoms with van der Waals surface area (Å²) in [6, 6.07) is 13.9. The van der Waals surface area contributed by atoms with E-state index in [0.717, 1.165) is 35.2 Å². The van der Waals surface area contributed by atoms with Crippen molar-refractivity contribution in [2.45, 2.75) is 40.5 Å². The van der Waals surface area contributed by atoms with Crippen molar-refractivity contribution in [2.75, 3.05) is 11.9 Å². The van der Waals surface area contributed by atoms with Gasteiger partial charge >= 0.3 is 0 Å². The predicted octanol–water partition coefficient (Wildman–Crippen LogP) is 4.47. The van der Waals surface area contributed by atoms with E-state index in [1.54, 1.807) is 0 Å². The highest BCUT2D eigenvalue weighted by atomic mass is 16.2. The summed E-state index contributed by atoms with van der Waals surface area (Å²) in [6.45, 7) is 8.48. The van der Waals surface area contributed by atoms with E-state index in [4.69, 9.17) is 0 Å². The van der Waals surface area contributed by atoms with E-state index in [-0.39, 0.29) is 11.8 Å². The molecule has 2 amide bonds. The van der Waals surface area contributed by atoms with Gasteiger partial charge in [-0.05, 0) is 55.5 Å². The van der Waals surface area contributed by atoms with Crippen LogP contribution in [0, 0.1) is 13.8 Å². The zero-order valence-corrected chi connectivity index (χ0v) is 16.4. The average Bonchev–Trinajstić information content (AvgIpc) is 2.87. The highest BCUT2D eigenvalue weighted by Crippen LogP contribution is 2.32. The minimum Gasteiger partial charge on any atom is -0.350 e. The molecule has 2 aromatic rings. The van der Waals surface area contributed by atoms with Crippen LogP contribution in [0.2, 0.25) is 0 Å². The third-order valence-electron chi connectivity index (χ3n) is 4.90. The van der Waals surface area contributed by atoms with Crippen LogP contribution in [-0.4, -0.2) is 23.3 Å². The molecule has 0 aromatic heterocycles. The molecule has 140 valence electrons. The van der Waals surface area contributed by atoms with Gasteiger partial charge in [-0.15, -0.1) is 0 Å². The van der Waals surface area contributed by atoms with Crippen molar-refractivity contribution in [2.24, 2.45) is 0 Å². The minimum atomic E-state index is -0.253. The normalized spacial score (nSPS) is 14.3. The number of rotatable bonds is 6. The van der Waals surface area contributed by atoms with Crippen LogP contribution in [0.5, 0.6) is 0 Å². The van der Waals surface area contributed by atoms with Gasteiger partial charge in [-0.1, -0.05) is 49.7 Å². The number of hydrogen-bond donors (Lipinski definition) is 1. The molecule has 0 radical (unpaired) electrons. The number of benzene rings is 2. The molecular weight excluding hydrogens is 336 g/mol. The maximum atomic E-state index is 13.1. The molecule has 0 saturated carbocycles. The molecule has 27 heavy (non-hydrogen) atoms. The van der Waals surface area contributed by atoms with Crippen LogP contribution in [0.4, 0.5) is 5.69 Å². The van der Waals surface area contributed by atoms with Gasteiger partial charge in [0.2, 0.25) is 0 Å². The van der Waals surface area contributed by atoms with E-state index in [9.17, 15) is 9.59 Å². The van der Waals surface area contributed by atoms with Crippen LogP contribution >= 0.6 is 0 Å². The maximum Gasteiger partial charge on any atom is 0.278 e. The second-order valence-electron chi connectivity index (χ2n) is 7.01. The second-order valence-corrected chi connectivity index (χ2v) is 7.01. The van der Waals surface area contributed by atoms with Crippen LogP contribution in [0.3, 0.4) is 0 Å². The lowest BCUT2D eigenvalue weighted by atomic mass is 9.97. The lowest BCUT2D eigenvalue weighted by molar-refractivity contribution is -0.136. The monoisotopic (exact) mass is 362 g/mol. The first-order valence-electron chi connectivity index (χ1n) is 9.50. The summed E-state index contributed by atoms with van der Waals surface area (Å²) in [5.74, 6) is -0.474. The number of amides is 2. The van der Waals surface area contributed by atoms with Gasteiger partial charge in [0.05, 0.1) is 5.57 Å². The molecule has 0 saturated heterocycles. The number of hydrogen-bond acceptors (Lipinski definition) is 3. The fourth-order valence-electron chi connectivity index (χ4n) is 3.43. The summed E-state index contributed by atoms with van der Waals surface area (Å²) in [6.07, 6.45) is 1.69. The molecular formula is C23H26N2O2. The second kappa shape index (κ2) is 7.78. The summed E-state index contributed by atoms with van der Waals surface area (Å²) in [4.78, 5) is 27.4. The number of nitrogens with one attached hydrogen (secondary N) is 1. The van der Waals surface area contributed by atoms with Crippen molar-refractivity contribution in [3.8, 4) is 0 Å². The van der Waals surface area contributed by atoms with Gasteiger partial charge < -0.3 is 5.32 Å². The zero-order valence-electron chi connectivity index (χ0n) is 16.4. The van der Waals surface area contributed by atoms with Crippen molar-refractivity contribution in [3.63, 3.8) is 0 Å². The van der Waals surface area contributed by atoms with Gasteiger partial charge in [-0.2, -0.15) is 0 Å². The Bertz CT molecular complexity index is 910. The first kappa shape index (κ1) is 18.9. The first-order chi connectivity index (χ1) is 13.0. The van der Waals surface area contributed by atoms with Crippen molar-refractivity contribution < 1.29 is 9.59 Å². The Kier molecular flexibility index (Phi) is 5.45. The fourth-order valence-corrected chi connectivity index (χ4v) is 3.43. The summed E-state index contributed by atoms with van der Waals surface area (Å²) >= 11 is 0. The molecule has 0 unspecified atom stereocenters. The third-order valence-corrected chi connectivity index (χ3v) is 4.90. The van der Waals surface area contributed by atoms with E-state index in [0.29, 0.717) is 17.8 Å². The largest absolute Gasteiger partial charge is 0.350 e. The van der Waals surface area contributed by atoms with Gasteiger partial charge in [-0.25, -0.2) is 0 Å². The number of nitrogens with zero attached hydrogens (tertiary/aromatic N) is 1. The van der Waals surface area contributed by atoms with E-state index >= 15 is 0 Å². The standard InChI is InChI=1S/C23H26N2O2/c1-5-13-25-22(26)20(19-12-7-15(3)14-16(19)4)21(23(25)27)24-18-10-8-17(6-2)9-11-18/h7-12,14,24H,5-6,13H2,1-4H3. The van der Waals surface area contributed by atoms with Gasteiger partial charge in [0.1, 0.15) is 5.70 Å². The molecule has 1 N–H and O–H groups in total. The minimum absolute atomic E-state index is 0.221. The van der Waals surface area contributed by atoms with Gasteiger partial charge in [0.15, 0.2) is 0 Å². The molecule has 0 bridgehead atoms. The predicted molar refractivity (Wildman–Crippen MR) is 109 cm³/mol. The highest BCUT2D eigenvalue weighted by Gasteiger charge is 2.39. The Labute approximate surface area is 160 Å². The quantitative estimate of drug-likeness (QED) is 0.772. The van der Waals surface area contributed by atoms with Crippen molar-refractivity contribution in [1.29, 1.82) is 0 Å². The molecule has 4 nitrogen and oxygen atoms in total. The average molecular weight is 362 g/mol. The van der Waals surface area contributed by atoms with Crippen LogP contribution in [0.1, 0.15) is 42.5 Å². The smallest absolute Gasteiger partial charge is 0.278 e. The Balaban J connectivity index is 2.07. The molecule has 0 atom stereocenters. The molecule has 0 aliphatic carbocycles. The Morgan fingerprint density at radius 1 is 0.926 bits per heavy atom. The highest BCUT2D eigenvalue weighted by molar-refractivity contribution is 6.36. The number of carbonyl (C=O) groups is 2. The molecule has 0 spiro atoms. The Morgan fingerprint density at radius 2 is 1.63 bits per heavy atom. The lowest BCUT2D eigenvalue weighted by Gasteiger charge is -2.14. The lowest BCUT2D eigenvalue weighted by Crippen LogP contribution is -2.33. The molecule has 1 aliphatic rings. The molecule has 4 heteroatoms. The van der Waals surface area contributed by atoms with Crippen LogP contribution in [-0.2, 0) is 16.0 Å². The molecule has 2 aromatic carbocycles. The summed E-state index contributed by atoms with van der Waals surface area (Å²) < 4.78 is 0. The number of anilines is 1. The zero-order chi connectivity index (χ0) is 19.6. The number of imide groups is 1. The fraction of sp³-hybridized carbons (Fsp3) is 0.304. The maximum absolute atomic E-state index is 13.1. The number of carbonyl (C=O) groups excluding carboxylic acids is 2. The Hall–Kier alpha value is -2.88. The summed E-state index contributed by atoms with van der Waals surface area (Å²) in [5.41, 5.74) is 5.80.